The highest BCUT2D eigenvalue weighted by Gasteiger charge is 2.15. The number of hydrogen-bond donors (Lipinski definition) is 1. The number of carbonyl (C=O) groups is 1. The minimum atomic E-state index is -0.143. The third kappa shape index (κ3) is 4.86. The summed E-state index contributed by atoms with van der Waals surface area (Å²) in [6.45, 7) is 8.27. The van der Waals surface area contributed by atoms with E-state index in [4.69, 9.17) is 4.98 Å². The number of nitrogens with zero attached hydrogens (tertiary/aromatic N) is 2. The summed E-state index contributed by atoms with van der Waals surface area (Å²) in [5.74, 6) is 0.397. The van der Waals surface area contributed by atoms with Gasteiger partial charge in [-0.2, -0.15) is 0 Å². The van der Waals surface area contributed by atoms with Crippen molar-refractivity contribution in [3.63, 3.8) is 0 Å². The number of carbonyl (C=O) groups excluding carboxylic acids is 1. The Morgan fingerprint density at radius 3 is 2.45 bits per heavy atom. The number of anilines is 1. The van der Waals surface area contributed by atoms with Crippen LogP contribution >= 0.6 is 11.8 Å². The van der Waals surface area contributed by atoms with Gasteiger partial charge in [0.15, 0.2) is 5.16 Å². The first-order valence-corrected chi connectivity index (χ1v) is 11.9. The first kappa shape index (κ1) is 22.8. The van der Waals surface area contributed by atoms with E-state index in [0.717, 1.165) is 22.5 Å². The molecule has 33 heavy (non-hydrogen) atoms. The van der Waals surface area contributed by atoms with Gasteiger partial charge in [0.05, 0.1) is 22.3 Å². The maximum absolute atomic E-state index is 13.4. The first-order valence-electron chi connectivity index (χ1n) is 11.0. The highest BCUT2D eigenvalue weighted by atomic mass is 32.2. The van der Waals surface area contributed by atoms with Crippen molar-refractivity contribution < 1.29 is 4.79 Å². The van der Waals surface area contributed by atoms with Gasteiger partial charge in [0.1, 0.15) is 0 Å². The van der Waals surface area contributed by atoms with Crippen molar-refractivity contribution in [2.24, 2.45) is 0 Å². The quantitative estimate of drug-likeness (QED) is 0.291. The van der Waals surface area contributed by atoms with Crippen molar-refractivity contribution in [2.75, 3.05) is 11.1 Å². The third-order valence-corrected chi connectivity index (χ3v) is 6.71. The van der Waals surface area contributed by atoms with E-state index in [-0.39, 0.29) is 17.2 Å². The number of thioether (sulfide) groups is 1. The SMILES string of the molecule is Cc1cccc(NC(=O)CSc2nc3ccccc3c(=O)n2-c2ccc(C(C)C)cc2)c1C. The fourth-order valence-electron chi connectivity index (χ4n) is 3.65. The van der Waals surface area contributed by atoms with Crippen molar-refractivity contribution in [3.8, 4) is 5.69 Å². The van der Waals surface area contributed by atoms with Gasteiger partial charge in [0.2, 0.25) is 5.91 Å². The van der Waals surface area contributed by atoms with E-state index in [0.29, 0.717) is 22.0 Å². The lowest BCUT2D eigenvalue weighted by molar-refractivity contribution is -0.113. The molecule has 1 aromatic heterocycles. The Morgan fingerprint density at radius 2 is 1.73 bits per heavy atom. The minimum Gasteiger partial charge on any atom is -0.325 e. The van der Waals surface area contributed by atoms with Gasteiger partial charge in [0.25, 0.3) is 5.56 Å². The van der Waals surface area contributed by atoms with Crippen LogP contribution in [-0.2, 0) is 4.79 Å². The molecule has 0 unspecified atom stereocenters. The molecule has 1 N–H and O–H groups in total. The molecule has 0 atom stereocenters. The number of aryl methyl sites for hydroxylation is 1. The summed E-state index contributed by atoms with van der Waals surface area (Å²) in [6, 6.07) is 21.1. The Balaban J connectivity index is 1.67. The van der Waals surface area contributed by atoms with E-state index in [1.165, 1.54) is 17.3 Å². The Morgan fingerprint density at radius 1 is 1.00 bits per heavy atom. The minimum absolute atomic E-state index is 0.141. The van der Waals surface area contributed by atoms with Gasteiger partial charge in [-0.05, 0) is 66.8 Å². The van der Waals surface area contributed by atoms with Crippen LogP contribution in [0.5, 0.6) is 0 Å². The molecule has 4 rings (SSSR count). The monoisotopic (exact) mass is 457 g/mol. The topological polar surface area (TPSA) is 64.0 Å². The number of hydrogen-bond acceptors (Lipinski definition) is 4. The number of para-hydroxylation sites is 1. The lowest BCUT2D eigenvalue weighted by Crippen LogP contribution is -2.23. The predicted octanol–water partition coefficient (Wildman–Crippen LogP) is 5.86. The van der Waals surface area contributed by atoms with Crippen LogP contribution in [0.4, 0.5) is 5.69 Å². The maximum atomic E-state index is 13.4. The molecular formula is C27H27N3O2S. The number of amides is 1. The molecule has 0 aliphatic rings. The zero-order chi connectivity index (χ0) is 23.5. The Bertz CT molecular complexity index is 1370. The molecule has 0 bridgehead atoms. The summed E-state index contributed by atoms with van der Waals surface area (Å²) in [6.07, 6.45) is 0. The Hall–Kier alpha value is -3.38. The van der Waals surface area contributed by atoms with Gasteiger partial charge < -0.3 is 5.32 Å². The zero-order valence-electron chi connectivity index (χ0n) is 19.3. The van der Waals surface area contributed by atoms with E-state index in [1.807, 2.05) is 74.5 Å². The van der Waals surface area contributed by atoms with Gasteiger partial charge >= 0.3 is 0 Å². The van der Waals surface area contributed by atoms with Crippen LogP contribution in [-0.4, -0.2) is 21.2 Å². The summed E-state index contributed by atoms with van der Waals surface area (Å²) in [5.41, 5.74) is 5.37. The van der Waals surface area contributed by atoms with Crippen LogP contribution in [0, 0.1) is 13.8 Å². The number of rotatable bonds is 6. The van der Waals surface area contributed by atoms with Gasteiger partial charge in [0, 0.05) is 5.69 Å². The van der Waals surface area contributed by atoms with Crippen molar-refractivity contribution in [1.29, 1.82) is 0 Å². The predicted molar refractivity (Wildman–Crippen MR) is 137 cm³/mol. The summed E-state index contributed by atoms with van der Waals surface area (Å²) < 4.78 is 1.60. The van der Waals surface area contributed by atoms with Gasteiger partial charge in [-0.25, -0.2) is 4.98 Å². The third-order valence-electron chi connectivity index (χ3n) is 5.77. The molecule has 6 heteroatoms. The smallest absolute Gasteiger partial charge is 0.266 e. The van der Waals surface area contributed by atoms with E-state index in [9.17, 15) is 9.59 Å². The van der Waals surface area contributed by atoms with E-state index in [1.54, 1.807) is 10.6 Å². The largest absolute Gasteiger partial charge is 0.325 e. The molecule has 4 aromatic rings. The molecule has 1 heterocycles. The second-order valence-corrected chi connectivity index (χ2v) is 9.33. The summed E-state index contributed by atoms with van der Waals surface area (Å²) in [4.78, 5) is 30.8. The standard InChI is InChI=1S/C27H27N3O2S/c1-17(2)20-12-14-21(15-13-20)30-26(32)22-9-5-6-10-24(22)29-27(30)33-16-25(31)28-23-11-7-8-18(3)19(23)4/h5-15,17H,16H2,1-4H3,(H,28,31). The van der Waals surface area contributed by atoms with Gasteiger partial charge in [-0.1, -0.05) is 62.0 Å². The number of aromatic nitrogens is 2. The zero-order valence-corrected chi connectivity index (χ0v) is 20.1. The van der Waals surface area contributed by atoms with Crippen molar-refractivity contribution >= 4 is 34.3 Å². The van der Waals surface area contributed by atoms with E-state index in [2.05, 4.69) is 19.2 Å². The van der Waals surface area contributed by atoms with Crippen molar-refractivity contribution in [1.82, 2.24) is 9.55 Å². The van der Waals surface area contributed by atoms with Gasteiger partial charge in [-0.15, -0.1) is 0 Å². The van der Waals surface area contributed by atoms with Crippen molar-refractivity contribution in [3.05, 3.63) is 93.8 Å². The average molecular weight is 458 g/mol. The molecular weight excluding hydrogens is 430 g/mol. The molecule has 3 aromatic carbocycles. The summed E-state index contributed by atoms with van der Waals surface area (Å²) >= 11 is 1.26. The van der Waals surface area contributed by atoms with Crippen LogP contribution in [0.3, 0.4) is 0 Å². The fraction of sp³-hybridized carbons (Fsp3) is 0.222. The first-order chi connectivity index (χ1) is 15.8. The summed E-state index contributed by atoms with van der Waals surface area (Å²) in [5, 5.41) is 4.02. The highest BCUT2D eigenvalue weighted by molar-refractivity contribution is 7.99. The fourth-order valence-corrected chi connectivity index (χ4v) is 4.46. The number of benzene rings is 3. The molecule has 1 amide bonds. The Labute approximate surface area is 197 Å². The Kier molecular flexibility index (Phi) is 6.65. The molecule has 5 nitrogen and oxygen atoms in total. The molecule has 0 spiro atoms. The van der Waals surface area contributed by atoms with Crippen LogP contribution in [0.1, 0.15) is 36.5 Å². The lowest BCUT2D eigenvalue weighted by atomic mass is 10.0. The summed E-state index contributed by atoms with van der Waals surface area (Å²) in [7, 11) is 0. The molecule has 0 fully saturated rings. The van der Waals surface area contributed by atoms with Crippen LogP contribution < -0.4 is 10.9 Å². The van der Waals surface area contributed by atoms with E-state index < -0.39 is 0 Å². The molecule has 0 radical (unpaired) electrons. The van der Waals surface area contributed by atoms with Crippen molar-refractivity contribution in [2.45, 2.75) is 38.8 Å². The maximum Gasteiger partial charge on any atom is 0.266 e. The number of nitrogens with one attached hydrogen (secondary N) is 1. The van der Waals surface area contributed by atoms with Gasteiger partial charge in [-0.3, -0.25) is 14.2 Å². The molecule has 0 aliphatic carbocycles. The normalized spacial score (nSPS) is 11.2. The second kappa shape index (κ2) is 9.63. The van der Waals surface area contributed by atoms with Crippen LogP contribution in [0.15, 0.2) is 76.7 Å². The number of fused-ring (bicyclic) bond motifs is 1. The van der Waals surface area contributed by atoms with E-state index >= 15 is 0 Å². The highest BCUT2D eigenvalue weighted by Crippen LogP contribution is 2.24. The molecule has 0 aliphatic heterocycles. The second-order valence-electron chi connectivity index (χ2n) is 8.38. The molecule has 0 saturated carbocycles. The van der Waals surface area contributed by atoms with Crippen LogP contribution in [0.25, 0.3) is 16.6 Å². The van der Waals surface area contributed by atoms with Crippen LogP contribution in [0.2, 0.25) is 0 Å². The molecule has 168 valence electrons. The average Bonchev–Trinajstić information content (AvgIpc) is 2.81. The lowest BCUT2D eigenvalue weighted by Gasteiger charge is -2.15. The molecule has 0 saturated heterocycles.